The molecule has 0 saturated carbocycles. The molecule has 4 rings (SSSR count). The number of nitrogens with zero attached hydrogens (tertiary/aromatic N) is 6. The smallest absolute Gasteiger partial charge is 0.168 e. The van der Waals surface area contributed by atoms with Gasteiger partial charge in [0.2, 0.25) is 0 Å². The largest absolute Gasteiger partial charge is 0.497 e. The third kappa shape index (κ3) is 4.57. The first-order valence-corrected chi connectivity index (χ1v) is 10.7. The molecule has 8 heteroatoms. The van der Waals surface area contributed by atoms with Gasteiger partial charge in [0.1, 0.15) is 5.75 Å². The Kier molecular flexibility index (Phi) is 6.50. The topological polar surface area (TPSA) is 59.3 Å². The fraction of sp³-hybridized carbons (Fsp3) is 0.409. The number of methoxy groups -OCH3 is 1. The summed E-state index contributed by atoms with van der Waals surface area (Å²) in [5, 5.41) is 13.4. The third-order valence-corrected chi connectivity index (χ3v) is 5.90. The first-order valence-electron chi connectivity index (χ1n) is 10.3. The van der Waals surface area contributed by atoms with Crippen molar-refractivity contribution in [3.63, 3.8) is 0 Å². The number of anilines is 1. The lowest BCUT2D eigenvalue weighted by atomic mass is 10.1. The maximum absolute atomic E-state index is 6.17. The predicted octanol–water partition coefficient (Wildman–Crippen LogP) is 3.66. The molecule has 2 heterocycles. The lowest BCUT2D eigenvalue weighted by Crippen LogP contribution is -2.48. The number of hydrogen-bond acceptors (Lipinski definition) is 6. The standard InChI is InChI=1S/C22H27ClN6O/c1-3-21(28-13-11-27(12-14-28)19-6-4-5-18(23)15-19)22-24-25-26-29(22)16-17-7-9-20(30-2)10-8-17/h4-10,15,21H,3,11-14,16H2,1-2H3/t21-/m0/s1. The fourth-order valence-corrected chi connectivity index (χ4v) is 4.22. The minimum absolute atomic E-state index is 0.194. The van der Waals surface area contributed by atoms with Gasteiger partial charge in [0.05, 0.1) is 19.7 Å². The normalized spacial score (nSPS) is 15.9. The van der Waals surface area contributed by atoms with Crippen LogP contribution in [0.1, 0.15) is 30.8 Å². The van der Waals surface area contributed by atoms with Gasteiger partial charge in [-0.1, -0.05) is 36.7 Å². The van der Waals surface area contributed by atoms with Gasteiger partial charge in [0, 0.05) is 36.9 Å². The highest BCUT2D eigenvalue weighted by atomic mass is 35.5. The molecule has 2 aromatic carbocycles. The van der Waals surface area contributed by atoms with Crippen LogP contribution in [0.25, 0.3) is 0 Å². The van der Waals surface area contributed by atoms with Gasteiger partial charge in [0.25, 0.3) is 0 Å². The molecular formula is C22H27ClN6O. The first kappa shape index (κ1) is 20.6. The summed E-state index contributed by atoms with van der Waals surface area (Å²) in [6, 6.07) is 16.3. The Morgan fingerprint density at radius 1 is 1.07 bits per heavy atom. The summed E-state index contributed by atoms with van der Waals surface area (Å²) in [6.07, 6.45) is 0.958. The van der Waals surface area contributed by atoms with Gasteiger partial charge in [-0.15, -0.1) is 5.10 Å². The Hall–Kier alpha value is -2.64. The molecule has 1 aliphatic heterocycles. The van der Waals surface area contributed by atoms with Crippen LogP contribution in [0.15, 0.2) is 48.5 Å². The van der Waals surface area contributed by atoms with Crippen LogP contribution < -0.4 is 9.64 Å². The lowest BCUT2D eigenvalue weighted by Gasteiger charge is -2.39. The summed E-state index contributed by atoms with van der Waals surface area (Å²) in [7, 11) is 1.67. The van der Waals surface area contributed by atoms with E-state index in [-0.39, 0.29) is 6.04 Å². The van der Waals surface area contributed by atoms with Crippen LogP contribution in [-0.4, -0.2) is 58.4 Å². The molecule has 0 bridgehead atoms. The van der Waals surface area contributed by atoms with E-state index in [2.05, 4.69) is 50.4 Å². The molecule has 3 aromatic rings. The Balaban J connectivity index is 1.44. The van der Waals surface area contributed by atoms with E-state index in [4.69, 9.17) is 16.3 Å². The lowest BCUT2D eigenvalue weighted by molar-refractivity contribution is 0.169. The molecule has 7 nitrogen and oxygen atoms in total. The molecule has 30 heavy (non-hydrogen) atoms. The fourth-order valence-electron chi connectivity index (χ4n) is 4.04. The summed E-state index contributed by atoms with van der Waals surface area (Å²) in [6.45, 7) is 6.67. The van der Waals surface area contributed by atoms with Crippen LogP contribution in [0.3, 0.4) is 0 Å². The third-order valence-electron chi connectivity index (χ3n) is 5.66. The first-order chi connectivity index (χ1) is 14.7. The van der Waals surface area contributed by atoms with E-state index in [1.807, 2.05) is 35.0 Å². The molecule has 0 aliphatic carbocycles. The average Bonchev–Trinajstić information content (AvgIpc) is 3.23. The van der Waals surface area contributed by atoms with Crippen molar-refractivity contribution >= 4 is 17.3 Å². The molecule has 0 spiro atoms. The summed E-state index contributed by atoms with van der Waals surface area (Å²) in [5.41, 5.74) is 2.32. The number of aromatic nitrogens is 4. The highest BCUT2D eigenvalue weighted by Crippen LogP contribution is 2.26. The van der Waals surface area contributed by atoms with Crippen molar-refractivity contribution in [2.45, 2.75) is 25.9 Å². The Morgan fingerprint density at radius 2 is 1.83 bits per heavy atom. The number of hydrogen-bond donors (Lipinski definition) is 0. The van der Waals surface area contributed by atoms with Crippen molar-refractivity contribution in [1.29, 1.82) is 0 Å². The summed E-state index contributed by atoms with van der Waals surface area (Å²) < 4.78 is 7.16. The van der Waals surface area contributed by atoms with Gasteiger partial charge >= 0.3 is 0 Å². The summed E-state index contributed by atoms with van der Waals surface area (Å²) >= 11 is 6.17. The Bertz CT molecular complexity index is 952. The number of benzene rings is 2. The molecule has 1 aromatic heterocycles. The van der Waals surface area contributed by atoms with E-state index in [0.29, 0.717) is 6.54 Å². The number of tetrazole rings is 1. The molecular weight excluding hydrogens is 400 g/mol. The van der Waals surface area contributed by atoms with E-state index < -0.39 is 0 Å². The highest BCUT2D eigenvalue weighted by molar-refractivity contribution is 6.30. The van der Waals surface area contributed by atoms with Crippen molar-refractivity contribution in [2.24, 2.45) is 0 Å². The molecule has 0 radical (unpaired) electrons. The van der Waals surface area contributed by atoms with Crippen molar-refractivity contribution in [3.8, 4) is 5.75 Å². The number of rotatable bonds is 7. The minimum atomic E-state index is 0.194. The van der Waals surface area contributed by atoms with Crippen molar-refractivity contribution < 1.29 is 4.74 Å². The molecule has 1 saturated heterocycles. The number of piperazine rings is 1. The van der Waals surface area contributed by atoms with E-state index in [1.165, 1.54) is 5.69 Å². The van der Waals surface area contributed by atoms with Gasteiger partial charge in [-0.3, -0.25) is 4.90 Å². The second-order valence-corrected chi connectivity index (χ2v) is 7.91. The molecule has 1 atom stereocenters. The maximum atomic E-state index is 6.17. The summed E-state index contributed by atoms with van der Waals surface area (Å²) in [5.74, 6) is 1.77. The molecule has 0 amide bonds. The van der Waals surface area contributed by atoms with Crippen LogP contribution >= 0.6 is 11.6 Å². The van der Waals surface area contributed by atoms with Gasteiger partial charge in [-0.2, -0.15) is 0 Å². The average molecular weight is 427 g/mol. The van der Waals surface area contributed by atoms with Gasteiger partial charge in [-0.05, 0) is 52.7 Å². The van der Waals surface area contributed by atoms with Crippen LogP contribution in [0, 0.1) is 0 Å². The number of ether oxygens (including phenoxy) is 1. The van der Waals surface area contributed by atoms with Gasteiger partial charge in [-0.25, -0.2) is 4.68 Å². The van der Waals surface area contributed by atoms with Crippen LogP contribution in [0.4, 0.5) is 5.69 Å². The van der Waals surface area contributed by atoms with Crippen molar-refractivity contribution in [3.05, 3.63) is 64.9 Å². The second kappa shape index (κ2) is 9.45. The molecule has 1 aliphatic rings. The highest BCUT2D eigenvalue weighted by Gasteiger charge is 2.28. The molecule has 158 valence electrons. The Morgan fingerprint density at radius 3 is 2.50 bits per heavy atom. The van der Waals surface area contributed by atoms with E-state index in [0.717, 1.165) is 54.8 Å². The summed E-state index contributed by atoms with van der Waals surface area (Å²) in [4.78, 5) is 4.87. The zero-order chi connectivity index (χ0) is 20.9. The molecule has 1 fully saturated rings. The monoisotopic (exact) mass is 426 g/mol. The maximum Gasteiger partial charge on any atom is 0.168 e. The Labute approximate surface area is 182 Å². The number of halogens is 1. The SMILES string of the molecule is CC[C@@H](c1nnnn1Cc1ccc(OC)cc1)N1CCN(c2cccc(Cl)c2)CC1. The zero-order valence-electron chi connectivity index (χ0n) is 17.4. The van der Waals surface area contributed by atoms with Gasteiger partial charge < -0.3 is 9.64 Å². The van der Waals surface area contributed by atoms with Crippen LogP contribution in [-0.2, 0) is 6.54 Å². The van der Waals surface area contributed by atoms with Crippen molar-refractivity contribution in [2.75, 3.05) is 38.2 Å². The second-order valence-electron chi connectivity index (χ2n) is 7.47. The molecule has 0 N–H and O–H groups in total. The molecule has 0 unspecified atom stereocenters. The van der Waals surface area contributed by atoms with Gasteiger partial charge in [0.15, 0.2) is 5.82 Å². The zero-order valence-corrected chi connectivity index (χ0v) is 18.2. The minimum Gasteiger partial charge on any atom is -0.497 e. The predicted molar refractivity (Wildman–Crippen MR) is 118 cm³/mol. The van der Waals surface area contributed by atoms with E-state index in [9.17, 15) is 0 Å². The van der Waals surface area contributed by atoms with Crippen molar-refractivity contribution in [1.82, 2.24) is 25.1 Å². The van der Waals surface area contributed by atoms with E-state index >= 15 is 0 Å². The van der Waals surface area contributed by atoms with E-state index in [1.54, 1.807) is 7.11 Å². The quantitative estimate of drug-likeness (QED) is 0.574. The van der Waals surface area contributed by atoms with Crippen LogP contribution in [0.2, 0.25) is 5.02 Å². The van der Waals surface area contributed by atoms with Crippen LogP contribution in [0.5, 0.6) is 5.75 Å².